The van der Waals surface area contributed by atoms with Crippen molar-refractivity contribution in [1.82, 2.24) is 25.3 Å². The van der Waals surface area contributed by atoms with Gasteiger partial charge in [0.15, 0.2) is 18.1 Å². The maximum Gasteiger partial charge on any atom is 0.434 e. The normalized spacial score (nSPS) is 11.8. The van der Waals surface area contributed by atoms with Gasteiger partial charge >= 0.3 is 12.4 Å². The molecule has 1 amide bonds. The van der Waals surface area contributed by atoms with Crippen molar-refractivity contribution in [3.8, 4) is 17.4 Å². The van der Waals surface area contributed by atoms with E-state index in [1.807, 2.05) is 0 Å². The van der Waals surface area contributed by atoms with Gasteiger partial charge in [0.25, 0.3) is 5.91 Å². The number of methoxy groups -OCH3 is 1. The summed E-state index contributed by atoms with van der Waals surface area (Å²) in [6.45, 7) is -1.78. The first kappa shape index (κ1) is 23.8. The molecule has 1 aromatic carbocycles. The van der Waals surface area contributed by atoms with Crippen LogP contribution in [-0.4, -0.2) is 45.8 Å². The molecule has 0 aliphatic carbocycles. The number of hydrogen-bond acceptors (Lipinski definition) is 6. The minimum absolute atomic E-state index is 0.0684. The van der Waals surface area contributed by atoms with Gasteiger partial charge < -0.3 is 14.8 Å². The molecule has 0 radical (unpaired) electrons. The lowest BCUT2D eigenvalue weighted by molar-refractivity contribution is -0.153. The molecule has 33 heavy (non-hydrogen) atoms. The Kier molecular flexibility index (Phi) is 6.74. The summed E-state index contributed by atoms with van der Waals surface area (Å²) in [5.41, 5.74) is -1.84. The number of carbonyl (C=O) groups excluding carboxylic acids is 1. The summed E-state index contributed by atoms with van der Waals surface area (Å²) in [7, 11) is 1.30. The van der Waals surface area contributed by atoms with E-state index in [9.17, 15) is 31.1 Å². The van der Waals surface area contributed by atoms with E-state index in [1.165, 1.54) is 43.5 Å². The second-order valence-corrected chi connectivity index (χ2v) is 6.48. The molecule has 176 valence electrons. The van der Waals surface area contributed by atoms with Crippen LogP contribution in [0.3, 0.4) is 0 Å². The molecule has 0 aliphatic heterocycles. The van der Waals surface area contributed by atoms with Crippen LogP contribution in [0.4, 0.5) is 26.3 Å². The quantitative estimate of drug-likeness (QED) is 0.526. The third kappa shape index (κ3) is 6.11. The lowest BCUT2D eigenvalue weighted by atomic mass is 10.2. The predicted octanol–water partition coefficient (Wildman–Crippen LogP) is 3.56. The first-order valence-corrected chi connectivity index (χ1v) is 9.08. The zero-order valence-electron chi connectivity index (χ0n) is 16.7. The first-order chi connectivity index (χ1) is 15.5. The molecule has 0 saturated heterocycles. The molecule has 2 aromatic heterocycles. The highest BCUT2D eigenvalue weighted by Crippen LogP contribution is 2.33. The molecule has 0 unspecified atom stereocenters. The molecule has 0 aliphatic rings. The second kappa shape index (κ2) is 9.34. The van der Waals surface area contributed by atoms with Crippen LogP contribution in [0.5, 0.6) is 11.6 Å². The average Bonchev–Trinajstić information content (AvgIpc) is 3.22. The highest BCUT2D eigenvalue weighted by molar-refractivity contribution is 5.95. The fourth-order valence-corrected chi connectivity index (χ4v) is 2.68. The minimum Gasteiger partial charge on any atom is -0.484 e. The van der Waals surface area contributed by atoms with Crippen molar-refractivity contribution < 1.29 is 40.6 Å². The van der Waals surface area contributed by atoms with Crippen LogP contribution in [-0.2, 0) is 12.7 Å². The lowest BCUT2D eigenvalue weighted by Crippen LogP contribution is -2.26. The number of nitrogens with zero attached hydrogens (tertiary/aromatic N) is 4. The van der Waals surface area contributed by atoms with E-state index in [2.05, 4.69) is 25.3 Å². The largest absolute Gasteiger partial charge is 0.484 e. The van der Waals surface area contributed by atoms with E-state index >= 15 is 0 Å². The van der Waals surface area contributed by atoms with Gasteiger partial charge in [0.05, 0.1) is 18.9 Å². The van der Waals surface area contributed by atoms with Crippen LogP contribution in [0.15, 0.2) is 42.6 Å². The zero-order chi connectivity index (χ0) is 24.2. The predicted molar refractivity (Wildman–Crippen MR) is 99.9 cm³/mol. The smallest absolute Gasteiger partial charge is 0.434 e. The summed E-state index contributed by atoms with van der Waals surface area (Å²) in [6, 6.07) is 7.81. The summed E-state index contributed by atoms with van der Waals surface area (Å²) in [6.07, 6.45) is -8.77. The summed E-state index contributed by atoms with van der Waals surface area (Å²) < 4.78 is 87.8. The maximum absolute atomic E-state index is 13.7. The Labute approximate surface area is 182 Å². The number of amides is 1. The number of aromatic nitrogens is 4. The minimum atomic E-state index is -4.96. The molecule has 8 nitrogen and oxygen atoms in total. The van der Waals surface area contributed by atoms with E-state index in [4.69, 9.17) is 4.74 Å². The highest BCUT2D eigenvalue weighted by Gasteiger charge is 2.41. The summed E-state index contributed by atoms with van der Waals surface area (Å²) in [5.74, 6) is -1.44. The molecular formula is C19H15F6N5O3. The Morgan fingerprint density at radius 1 is 1.09 bits per heavy atom. The van der Waals surface area contributed by atoms with E-state index in [0.717, 1.165) is 6.20 Å². The first-order valence-electron chi connectivity index (χ1n) is 9.08. The van der Waals surface area contributed by atoms with Crippen molar-refractivity contribution in [3.05, 3.63) is 59.4 Å². The molecule has 3 rings (SSSR count). The van der Waals surface area contributed by atoms with Gasteiger partial charge in [-0.05, 0) is 23.8 Å². The second-order valence-electron chi connectivity index (χ2n) is 6.48. The molecule has 2 heterocycles. The third-order valence-electron chi connectivity index (χ3n) is 4.09. The van der Waals surface area contributed by atoms with Gasteiger partial charge in [-0.1, -0.05) is 12.1 Å². The highest BCUT2D eigenvalue weighted by atomic mass is 19.4. The topological polar surface area (TPSA) is 91.2 Å². The van der Waals surface area contributed by atoms with Gasteiger partial charge in [-0.15, -0.1) is 10.2 Å². The van der Waals surface area contributed by atoms with E-state index in [1.54, 1.807) is 0 Å². The molecule has 0 fully saturated rings. The van der Waals surface area contributed by atoms with Crippen LogP contribution in [0.2, 0.25) is 0 Å². The number of benzene rings is 1. The van der Waals surface area contributed by atoms with Crippen molar-refractivity contribution in [2.75, 3.05) is 13.7 Å². The molecule has 14 heteroatoms. The number of halogens is 6. The standard InChI is InChI=1S/C19H15F6N5O3/c1-32-15-6-5-14(28-29-15)30-16(19(23,24)25)13(9-27-30)17(31)26-8-11-3-2-4-12(7-11)33-10-18(20,21)22/h2-7,9H,8,10H2,1H3,(H,26,31). The van der Waals surface area contributed by atoms with E-state index in [0.29, 0.717) is 10.2 Å². The molecule has 0 bridgehead atoms. The maximum atomic E-state index is 13.7. The summed E-state index contributed by atoms with van der Waals surface area (Å²) >= 11 is 0. The van der Waals surface area contributed by atoms with Crippen molar-refractivity contribution in [3.63, 3.8) is 0 Å². The van der Waals surface area contributed by atoms with Gasteiger partial charge in [0, 0.05) is 12.6 Å². The summed E-state index contributed by atoms with van der Waals surface area (Å²) in [5, 5.41) is 13.1. The van der Waals surface area contributed by atoms with Crippen molar-refractivity contribution in [2.45, 2.75) is 18.9 Å². The van der Waals surface area contributed by atoms with Gasteiger partial charge in [0.2, 0.25) is 5.88 Å². The Balaban J connectivity index is 1.78. The van der Waals surface area contributed by atoms with Gasteiger partial charge in [-0.2, -0.15) is 31.4 Å². The third-order valence-corrected chi connectivity index (χ3v) is 4.09. The van der Waals surface area contributed by atoms with Crippen molar-refractivity contribution in [1.29, 1.82) is 0 Å². The number of nitrogens with one attached hydrogen (secondary N) is 1. The van der Waals surface area contributed by atoms with Crippen molar-refractivity contribution >= 4 is 5.91 Å². The number of rotatable bonds is 7. The van der Waals surface area contributed by atoms with Crippen LogP contribution >= 0.6 is 0 Å². The Hall–Kier alpha value is -3.84. The van der Waals surface area contributed by atoms with Gasteiger partial charge in [-0.3, -0.25) is 4.79 Å². The molecule has 0 spiro atoms. The molecule has 0 saturated carbocycles. The number of carbonyl (C=O) groups is 1. The van der Waals surface area contributed by atoms with Crippen LogP contribution in [0, 0.1) is 0 Å². The average molecular weight is 475 g/mol. The van der Waals surface area contributed by atoms with Gasteiger partial charge in [-0.25, -0.2) is 4.68 Å². The summed E-state index contributed by atoms with van der Waals surface area (Å²) in [4.78, 5) is 12.5. The fraction of sp³-hybridized carbons (Fsp3) is 0.263. The molecule has 0 atom stereocenters. The van der Waals surface area contributed by atoms with E-state index < -0.39 is 36.1 Å². The Morgan fingerprint density at radius 3 is 2.45 bits per heavy atom. The molecule has 3 aromatic rings. The Bertz CT molecular complexity index is 1110. The van der Waals surface area contributed by atoms with Crippen molar-refractivity contribution in [2.24, 2.45) is 0 Å². The Morgan fingerprint density at radius 2 is 1.85 bits per heavy atom. The fourth-order valence-electron chi connectivity index (χ4n) is 2.68. The number of alkyl halides is 6. The SMILES string of the molecule is COc1ccc(-n2ncc(C(=O)NCc3cccc(OCC(F)(F)F)c3)c2C(F)(F)F)nn1. The molecule has 1 N–H and O–H groups in total. The zero-order valence-corrected chi connectivity index (χ0v) is 16.7. The van der Waals surface area contributed by atoms with E-state index in [-0.39, 0.29) is 24.0 Å². The lowest BCUT2D eigenvalue weighted by Gasteiger charge is -2.13. The monoisotopic (exact) mass is 475 g/mol. The van der Waals surface area contributed by atoms with Crippen LogP contribution in [0.25, 0.3) is 5.82 Å². The number of hydrogen-bond donors (Lipinski definition) is 1. The van der Waals surface area contributed by atoms with Crippen LogP contribution in [0.1, 0.15) is 21.6 Å². The molecular weight excluding hydrogens is 460 g/mol. The number of ether oxygens (including phenoxy) is 2. The van der Waals surface area contributed by atoms with Gasteiger partial charge in [0.1, 0.15) is 5.75 Å². The van der Waals surface area contributed by atoms with Crippen LogP contribution < -0.4 is 14.8 Å².